The summed E-state index contributed by atoms with van der Waals surface area (Å²) in [5.41, 5.74) is -0.237. The van der Waals surface area contributed by atoms with Gasteiger partial charge in [-0.2, -0.15) is 0 Å². The number of rotatable bonds is 10. The molecule has 0 aliphatic carbocycles. The van der Waals surface area contributed by atoms with Gasteiger partial charge in [0.1, 0.15) is 5.76 Å². The molecule has 1 aliphatic rings. The van der Waals surface area contributed by atoms with Gasteiger partial charge in [0.15, 0.2) is 0 Å². The fraction of sp³-hybridized carbons (Fsp3) is 0.261. The average molecular weight is 483 g/mol. The molecule has 0 saturated carbocycles. The van der Waals surface area contributed by atoms with Crippen LogP contribution in [-0.4, -0.2) is 49.2 Å². The van der Waals surface area contributed by atoms with Gasteiger partial charge in [-0.1, -0.05) is 6.42 Å². The number of aliphatic hydroxyl groups excluding tert-OH is 1. The lowest BCUT2D eigenvalue weighted by Gasteiger charge is -2.25. The Bertz CT molecular complexity index is 1200. The van der Waals surface area contributed by atoms with Gasteiger partial charge in [-0.25, -0.2) is 0 Å². The number of carboxylic acid groups (broad SMARTS) is 1. The number of Topliss-reactive ketones (excluding diaryl/α,β-unsaturated/α-hetero) is 1. The maximum absolute atomic E-state index is 12.9. The third kappa shape index (κ3) is 5.49. The molecular formula is C23H21N3O9. The molecule has 1 amide bonds. The number of aliphatic hydroxyl groups is 1. The molecule has 0 radical (unpaired) electrons. The summed E-state index contributed by atoms with van der Waals surface area (Å²) in [6.07, 6.45) is 1.21. The SMILES string of the molecule is O=C(O)CCCCCN1C(=O)C(=O)/C(=C(\O)c2ccc([N+](=O)[O-])cc2)C1c1ccc([N+](=O)[O-])cc1. The Hall–Kier alpha value is -4.61. The summed E-state index contributed by atoms with van der Waals surface area (Å²) < 4.78 is 0. The standard InChI is InChI=1S/C23H21N3O9/c27-18(28)4-2-1-3-13-24-20(14-5-9-16(10-6-14)25(32)33)19(22(30)23(24)31)21(29)15-7-11-17(12-8-15)26(34)35/h5-12,20,29H,1-4,13H2,(H,27,28)/b21-19-. The number of nitrogens with zero attached hydrogens (tertiary/aromatic N) is 3. The lowest BCUT2D eigenvalue weighted by Crippen LogP contribution is -2.30. The summed E-state index contributed by atoms with van der Waals surface area (Å²) in [5, 5.41) is 41.7. The first-order valence-electron chi connectivity index (χ1n) is 10.6. The Kier molecular flexibility index (Phi) is 7.54. The van der Waals surface area contributed by atoms with Crippen molar-refractivity contribution in [2.75, 3.05) is 6.54 Å². The van der Waals surface area contributed by atoms with Crippen LogP contribution in [0.15, 0.2) is 54.1 Å². The van der Waals surface area contributed by atoms with Crippen molar-refractivity contribution in [3.8, 4) is 0 Å². The van der Waals surface area contributed by atoms with Crippen LogP contribution in [0.25, 0.3) is 5.76 Å². The number of carbonyl (C=O) groups is 3. The van der Waals surface area contributed by atoms with E-state index in [4.69, 9.17) is 5.11 Å². The van der Waals surface area contributed by atoms with Crippen molar-refractivity contribution in [2.45, 2.75) is 31.7 Å². The van der Waals surface area contributed by atoms with Crippen molar-refractivity contribution in [1.82, 2.24) is 4.90 Å². The van der Waals surface area contributed by atoms with Crippen LogP contribution < -0.4 is 0 Å². The van der Waals surface area contributed by atoms with E-state index in [-0.39, 0.29) is 35.5 Å². The molecule has 1 heterocycles. The number of non-ortho nitro benzene ring substituents is 2. The summed E-state index contributed by atoms with van der Waals surface area (Å²) in [7, 11) is 0. The predicted molar refractivity (Wildman–Crippen MR) is 121 cm³/mol. The number of ketones is 1. The normalized spacial score (nSPS) is 16.9. The van der Waals surface area contributed by atoms with Crippen molar-refractivity contribution < 1.29 is 34.4 Å². The number of benzene rings is 2. The molecule has 3 rings (SSSR count). The third-order valence-electron chi connectivity index (χ3n) is 5.60. The van der Waals surface area contributed by atoms with Crippen LogP contribution in [0.3, 0.4) is 0 Å². The lowest BCUT2D eigenvalue weighted by atomic mass is 9.95. The summed E-state index contributed by atoms with van der Waals surface area (Å²) in [4.78, 5) is 58.5. The number of nitro groups is 2. The molecule has 0 spiro atoms. The van der Waals surface area contributed by atoms with Crippen LogP contribution in [0.1, 0.15) is 42.9 Å². The molecule has 1 saturated heterocycles. The van der Waals surface area contributed by atoms with Crippen LogP contribution in [0.5, 0.6) is 0 Å². The smallest absolute Gasteiger partial charge is 0.303 e. The van der Waals surface area contributed by atoms with E-state index < -0.39 is 39.3 Å². The molecule has 2 N–H and O–H groups in total. The van der Waals surface area contributed by atoms with Gasteiger partial charge in [0.05, 0.1) is 21.5 Å². The maximum Gasteiger partial charge on any atom is 0.303 e. The fourth-order valence-corrected chi connectivity index (χ4v) is 3.87. The highest BCUT2D eigenvalue weighted by molar-refractivity contribution is 6.46. The fourth-order valence-electron chi connectivity index (χ4n) is 3.87. The second-order valence-corrected chi connectivity index (χ2v) is 7.85. The average Bonchev–Trinajstić information content (AvgIpc) is 3.08. The molecule has 1 fully saturated rings. The Morgan fingerprint density at radius 3 is 1.91 bits per heavy atom. The topological polar surface area (TPSA) is 181 Å². The first kappa shape index (κ1) is 25.0. The second-order valence-electron chi connectivity index (χ2n) is 7.85. The monoisotopic (exact) mass is 483 g/mol. The van der Waals surface area contributed by atoms with E-state index in [0.717, 1.165) is 12.1 Å². The van der Waals surface area contributed by atoms with E-state index >= 15 is 0 Å². The number of aliphatic carboxylic acids is 1. The highest BCUT2D eigenvalue weighted by Gasteiger charge is 2.45. The van der Waals surface area contributed by atoms with E-state index in [1.807, 2.05) is 0 Å². The molecule has 35 heavy (non-hydrogen) atoms. The van der Waals surface area contributed by atoms with Crippen LogP contribution in [0.2, 0.25) is 0 Å². The zero-order valence-corrected chi connectivity index (χ0v) is 18.3. The van der Waals surface area contributed by atoms with Crippen molar-refractivity contribution >= 4 is 34.8 Å². The van der Waals surface area contributed by atoms with Crippen molar-refractivity contribution in [3.05, 3.63) is 85.5 Å². The minimum absolute atomic E-state index is 0.0370. The van der Waals surface area contributed by atoms with Gasteiger partial charge in [-0.05, 0) is 42.7 Å². The highest BCUT2D eigenvalue weighted by Crippen LogP contribution is 2.40. The van der Waals surface area contributed by atoms with Crippen LogP contribution in [0, 0.1) is 20.2 Å². The molecule has 12 heteroatoms. The van der Waals surface area contributed by atoms with E-state index in [9.17, 15) is 39.7 Å². The number of carbonyl (C=O) groups excluding carboxylic acids is 2. The summed E-state index contributed by atoms with van der Waals surface area (Å²) in [6.45, 7) is 0.0862. The molecule has 182 valence electrons. The van der Waals surface area contributed by atoms with Gasteiger partial charge in [0.25, 0.3) is 23.1 Å². The first-order chi connectivity index (χ1) is 16.6. The van der Waals surface area contributed by atoms with Gasteiger partial charge in [-0.3, -0.25) is 34.6 Å². The molecule has 2 aromatic carbocycles. The largest absolute Gasteiger partial charge is 0.507 e. The molecule has 0 bridgehead atoms. The number of nitro benzene ring substituents is 2. The number of hydrogen-bond donors (Lipinski definition) is 2. The highest BCUT2D eigenvalue weighted by atomic mass is 16.6. The van der Waals surface area contributed by atoms with Crippen molar-refractivity contribution in [2.24, 2.45) is 0 Å². The van der Waals surface area contributed by atoms with Crippen LogP contribution in [0.4, 0.5) is 11.4 Å². The van der Waals surface area contributed by atoms with E-state index in [0.29, 0.717) is 24.8 Å². The minimum atomic E-state index is -1.05. The van der Waals surface area contributed by atoms with Crippen LogP contribution >= 0.6 is 0 Å². The van der Waals surface area contributed by atoms with E-state index in [2.05, 4.69) is 0 Å². The number of hydrogen-bond acceptors (Lipinski definition) is 8. The third-order valence-corrected chi connectivity index (χ3v) is 5.60. The molecule has 2 aromatic rings. The number of likely N-dealkylation sites (tertiary alicyclic amines) is 1. The molecule has 1 unspecified atom stereocenters. The molecule has 12 nitrogen and oxygen atoms in total. The predicted octanol–water partition coefficient (Wildman–Crippen LogP) is 3.57. The van der Waals surface area contributed by atoms with Crippen LogP contribution in [-0.2, 0) is 14.4 Å². The molecule has 1 aliphatic heterocycles. The summed E-state index contributed by atoms with van der Waals surface area (Å²) in [5.74, 6) is -3.32. The Balaban J connectivity index is 2.01. The van der Waals surface area contributed by atoms with Crippen molar-refractivity contribution in [1.29, 1.82) is 0 Å². The van der Waals surface area contributed by atoms with Gasteiger partial charge in [0.2, 0.25) is 0 Å². The second kappa shape index (κ2) is 10.5. The Labute approximate surface area is 198 Å². The Morgan fingerprint density at radius 2 is 1.40 bits per heavy atom. The van der Waals surface area contributed by atoms with E-state index in [1.165, 1.54) is 41.3 Å². The molecule has 0 aromatic heterocycles. The Morgan fingerprint density at radius 1 is 0.857 bits per heavy atom. The van der Waals surface area contributed by atoms with E-state index in [1.54, 1.807) is 0 Å². The number of carboxylic acids is 1. The molecule has 1 atom stereocenters. The van der Waals surface area contributed by atoms with Gasteiger partial charge < -0.3 is 15.1 Å². The van der Waals surface area contributed by atoms with Gasteiger partial charge in [-0.15, -0.1) is 0 Å². The number of amides is 1. The first-order valence-corrected chi connectivity index (χ1v) is 10.6. The minimum Gasteiger partial charge on any atom is -0.507 e. The van der Waals surface area contributed by atoms with Gasteiger partial charge >= 0.3 is 5.97 Å². The van der Waals surface area contributed by atoms with Gasteiger partial charge in [0, 0.05) is 42.8 Å². The van der Waals surface area contributed by atoms with Crippen molar-refractivity contribution in [3.63, 3.8) is 0 Å². The zero-order valence-electron chi connectivity index (χ0n) is 18.3. The quantitative estimate of drug-likeness (QED) is 0.127. The summed E-state index contributed by atoms with van der Waals surface area (Å²) >= 11 is 0. The zero-order chi connectivity index (χ0) is 25.7. The number of unbranched alkanes of at least 4 members (excludes halogenated alkanes) is 2. The summed E-state index contributed by atoms with van der Waals surface area (Å²) in [6, 6.07) is 8.94. The maximum atomic E-state index is 12.9. The molecular weight excluding hydrogens is 462 g/mol. The lowest BCUT2D eigenvalue weighted by molar-refractivity contribution is -0.385.